The summed E-state index contributed by atoms with van der Waals surface area (Å²) in [4.78, 5) is 27.6. The van der Waals surface area contributed by atoms with Crippen LogP contribution in [0.4, 0.5) is 5.69 Å². The van der Waals surface area contributed by atoms with Crippen LogP contribution in [0.1, 0.15) is 36.2 Å². The van der Waals surface area contributed by atoms with Crippen molar-refractivity contribution in [3.63, 3.8) is 0 Å². The van der Waals surface area contributed by atoms with Gasteiger partial charge in [-0.25, -0.2) is 0 Å². The monoisotopic (exact) mass is 355 g/mol. The molecule has 2 aromatic rings. The third-order valence-electron chi connectivity index (χ3n) is 4.96. The minimum absolute atomic E-state index is 0.00497. The highest BCUT2D eigenvalue weighted by Gasteiger charge is 2.27. The smallest absolute Gasteiger partial charge is 0.253 e. The van der Waals surface area contributed by atoms with E-state index in [1.54, 1.807) is 0 Å². The lowest BCUT2D eigenvalue weighted by atomic mass is 10.0. The summed E-state index contributed by atoms with van der Waals surface area (Å²) in [5, 5.41) is 2.80. The molecule has 0 aliphatic carbocycles. The number of carbonyl (C=O) groups is 2. The predicted molar refractivity (Wildman–Crippen MR) is 99.0 cm³/mol. The average molecular weight is 355 g/mol. The molecule has 1 aromatic carbocycles. The zero-order valence-electron chi connectivity index (χ0n) is 14.1. The number of carbonyl (C=O) groups excluding carboxylic acids is 2. The number of nitrogens with one attached hydrogen (secondary N) is 1. The summed E-state index contributed by atoms with van der Waals surface area (Å²) in [6, 6.07) is 10.2. The first-order chi connectivity index (χ1) is 12.1. The fraction of sp³-hybridized carbons (Fsp3) is 0.368. The topological polar surface area (TPSA) is 54.3 Å². The number of anilines is 1. The van der Waals surface area contributed by atoms with Gasteiger partial charge in [0.25, 0.3) is 5.91 Å². The zero-order valence-corrected chi connectivity index (χ0v) is 15.0. The fourth-order valence-electron chi connectivity index (χ4n) is 3.48. The van der Waals surface area contributed by atoms with E-state index in [0.29, 0.717) is 11.6 Å². The summed E-state index contributed by atoms with van der Waals surface area (Å²) in [6.45, 7) is 3.41. The van der Waals surface area contributed by atoms with Gasteiger partial charge in [0.15, 0.2) is 0 Å². The lowest BCUT2D eigenvalue weighted by Gasteiger charge is -2.33. The third kappa shape index (κ3) is 3.18. The first kappa shape index (κ1) is 16.3. The number of fused-ring (bicyclic) bond motifs is 1. The van der Waals surface area contributed by atoms with Crippen molar-refractivity contribution < 1.29 is 9.59 Å². The van der Waals surface area contributed by atoms with E-state index in [9.17, 15) is 9.59 Å². The molecule has 1 aromatic heterocycles. The second-order valence-corrected chi connectivity index (χ2v) is 8.00. The summed E-state index contributed by atoms with van der Waals surface area (Å²) in [6.07, 6.45) is 6.12. The Hall–Kier alpha value is -2.21. The Balaban J connectivity index is 1.45. The SMILES string of the molecule is C[C@@H]1Sc2ccc(C(=O)N3CCC(n4cccc4)CC3)cc2NC1=O. The van der Waals surface area contributed by atoms with E-state index >= 15 is 0 Å². The van der Waals surface area contributed by atoms with Crippen molar-refractivity contribution in [2.75, 3.05) is 18.4 Å². The van der Waals surface area contributed by atoms with Gasteiger partial charge in [-0.1, -0.05) is 0 Å². The Morgan fingerprint density at radius 3 is 2.64 bits per heavy atom. The molecule has 5 nitrogen and oxygen atoms in total. The van der Waals surface area contributed by atoms with Crippen molar-refractivity contribution >= 4 is 29.3 Å². The first-order valence-electron chi connectivity index (χ1n) is 8.65. The highest BCUT2D eigenvalue weighted by Crippen LogP contribution is 2.36. The number of rotatable bonds is 2. The highest BCUT2D eigenvalue weighted by atomic mass is 32.2. The molecule has 1 atom stereocenters. The van der Waals surface area contributed by atoms with Gasteiger partial charge in [-0.05, 0) is 50.1 Å². The van der Waals surface area contributed by atoms with Crippen molar-refractivity contribution in [3.8, 4) is 0 Å². The Labute approximate surface area is 151 Å². The maximum atomic E-state index is 12.8. The van der Waals surface area contributed by atoms with Crippen molar-refractivity contribution in [1.29, 1.82) is 0 Å². The molecule has 2 aliphatic rings. The largest absolute Gasteiger partial charge is 0.351 e. The van der Waals surface area contributed by atoms with Crippen LogP contribution in [0.3, 0.4) is 0 Å². The molecule has 3 heterocycles. The molecule has 0 unspecified atom stereocenters. The van der Waals surface area contributed by atoms with Gasteiger partial charge in [0.05, 0.1) is 10.9 Å². The van der Waals surface area contributed by atoms with Gasteiger partial charge in [-0.3, -0.25) is 9.59 Å². The van der Waals surface area contributed by atoms with E-state index < -0.39 is 0 Å². The molecule has 130 valence electrons. The molecular weight excluding hydrogens is 334 g/mol. The maximum Gasteiger partial charge on any atom is 0.253 e. The van der Waals surface area contributed by atoms with Crippen LogP contribution in [0.25, 0.3) is 0 Å². The minimum Gasteiger partial charge on any atom is -0.351 e. The average Bonchev–Trinajstić information content (AvgIpc) is 3.16. The van der Waals surface area contributed by atoms with E-state index in [1.807, 2.05) is 42.2 Å². The number of nitrogens with zero attached hydrogens (tertiary/aromatic N) is 2. The van der Waals surface area contributed by atoms with Gasteiger partial charge in [0.2, 0.25) is 5.91 Å². The number of piperidine rings is 1. The number of hydrogen-bond donors (Lipinski definition) is 1. The summed E-state index contributed by atoms with van der Waals surface area (Å²) in [7, 11) is 0. The molecule has 1 N–H and O–H groups in total. The molecule has 1 fully saturated rings. The normalized spacial score (nSPS) is 20.9. The number of hydrogen-bond acceptors (Lipinski definition) is 3. The molecule has 0 saturated carbocycles. The van der Waals surface area contributed by atoms with E-state index in [-0.39, 0.29) is 17.1 Å². The zero-order chi connectivity index (χ0) is 17.4. The molecule has 6 heteroatoms. The van der Waals surface area contributed by atoms with Crippen LogP contribution in [0.15, 0.2) is 47.6 Å². The van der Waals surface area contributed by atoms with Crippen LogP contribution in [-0.2, 0) is 4.79 Å². The molecule has 1 saturated heterocycles. The van der Waals surface area contributed by atoms with E-state index in [1.165, 1.54) is 11.8 Å². The van der Waals surface area contributed by atoms with E-state index in [4.69, 9.17) is 0 Å². The van der Waals surface area contributed by atoms with Crippen molar-refractivity contribution in [3.05, 3.63) is 48.3 Å². The maximum absolute atomic E-state index is 12.8. The third-order valence-corrected chi connectivity index (χ3v) is 6.14. The van der Waals surface area contributed by atoms with Crippen LogP contribution in [-0.4, -0.2) is 39.6 Å². The molecule has 0 spiro atoms. The van der Waals surface area contributed by atoms with Gasteiger partial charge in [0, 0.05) is 42.0 Å². The Kier molecular flexibility index (Phi) is 4.29. The molecule has 0 bridgehead atoms. The second kappa shape index (κ2) is 6.59. The number of aromatic nitrogens is 1. The van der Waals surface area contributed by atoms with Gasteiger partial charge >= 0.3 is 0 Å². The second-order valence-electron chi connectivity index (χ2n) is 6.61. The Morgan fingerprint density at radius 1 is 1.20 bits per heavy atom. The molecule has 4 rings (SSSR count). The number of thioether (sulfide) groups is 1. The lowest BCUT2D eigenvalue weighted by molar-refractivity contribution is -0.115. The van der Waals surface area contributed by atoms with Crippen molar-refractivity contribution in [2.24, 2.45) is 0 Å². The van der Waals surface area contributed by atoms with Crippen molar-refractivity contribution in [1.82, 2.24) is 9.47 Å². The van der Waals surface area contributed by atoms with Crippen LogP contribution in [0, 0.1) is 0 Å². The summed E-state index contributed by atoms with van der Waals surface area (Å²) >= 11 is 1.54. The molecule has 25 heavy (non-hydrogen) atoms. The molecular formula is C19H21N3O2S. The highest BCUT2D eigenvalue weighted by molar-refractivity contribution is 8.00. The van der Waals surface area contributed by atoms with Crippen LogP contribution >= 0.6 is 11.8 Å². The summed E-state index contributed by atoms with van der Waals surface area (Å²) in [5.74, 6) is 0.0428. The van der Waals surface area contributed by atoms with E-state index in [0.717, 1.165) is 36.5 Å². The summed E-state index contributed by atoms with van der Waals surface area (Å²) < 4.78 is 2.23. The number of likely N-dealkylation sites (tertiary alicyclic amines) is 1. The lowest BCUT2D eigenvalue weighted by Crippen LogP contribution is -2.39. The summed E-state index contributed by atoms with van der Waals surface area (Å²) in [5.41, 5.74) is 1.40. The standard InChI is InChI=1S/C19H21N3O2S/c1-13-18(23)20-16-12-14(4-5-17(16)25-13)19(24)22-10-6-15(7-11-22)21-8-2-3-9-21/h2-5,8-9,12-13,15H,6-7,10-11H2,1H3,(H,20,23)/t13-/m0/s1. The van der Waals surface area contributed by atoms with Crippen molar-refractivity contribution in [2.45, 2.75) is 36.0 Å². The Morgan fingerprint density at radius 2 is 1.92 bits per heavy atom. The van der Waals surface area contributed by atoms with Crippen LogP contribution in [0.5, 0.6) is 0 Å². The predicted octanol–water partition coefficient (Wildman–Crippen LogP) is 3.40. The van der Waals surface area contributed by atoms with Crippen LogP contribution < -0.4 is 5.32 Å². The molecule has 0 radical (unpaired) electrons. The fourth-order valence-corrected chi connectivity index (χ4v) is 4.41. The van der Waals surface area contributed by atoms with Gasteiger partial charge in [0.1, 0.15) is 0 Å². The molecule has 2 amide bonds. The Bertz CT molecular complexity index is 795. The quantitative estimate of drug-likeness (QED) is 0.898. The number of amides is 2. The van der Waals surface area contributed by atoms with Gasteiger partial charge in [-0.2, -0.15) is 0 Å². The van der Waals surface area contributed by atoms with Gasteiger partial charge in [-0.15, -0.1) is 11.8 Å². The minimum atomic E-state index is -0.0956. The van der Waals surface area contributed by atoms with E-state index in [2.05, 4.69) is 22.3 Å². The first-order valence-corrected chi connectivity index (χ1v) is 9.53. The number of benzene rings is 1. The van der Waals surface area contributed by atoms with Crippen LogP contribution in [0.2, 0.25) is 0 Å². The van der Waals surface area contributed by atoms with Gasteiger partial charge < -0.3 is 14.8 Å². The molecule has 2 aliphatic heterocycles.